The van der Waals surface area contributed by atoms with Crippen molar-refractivity contribution in [1.29, 1.82) is 0 Å². The fourth-order valence-corrected chi connectivity index (χ4v) is 3.96. The molecule has 27 heavy (non-hydrogen) atoms. The van der Waals surface area contributed by atoms with Crippen molar-refractivity contribution in [3.63, 3.8) is 0 Å². The van der Waals surface area contributed by atoms with Gasteiger partial charge in [0.25, 0.3) is 5.91 Å². The van der Waals surface area contributed by atoms with Crippen LogP contribution in [0.2, 0.25) is 0 Å². The van der Waals surface area contributed by atoms with Crippen LogP contribution in [-0.2, 0) is 11.2 Å². The molecule has 0 aromatic heterocycles. The molecule has 5 heteroatoms. The van der Waals surface area contributed by atoms with Crippen molar-refractivity contribution in [3.05, 3.63) is 70.8 Å². The van der Waals surface area contributed by atoms with Gasteiger partial charge in [-0.3, -0.25) is 9.59 Å². The van der Waals surface area contributed by atoms with Gasteiger partial charge in [0.05, 0.1) is 6.10 Å². The van der Waals surface area contributed by atoms with Gasteiger partial charge in [0.2, 0.25) is 0 Å². The molecule has 5 nitrogen and oxygen atoms in total. The lowest BCUT2D eigenvalue weighted by molar-refractivity contribution is -0.161. The van der Waals surface area contributed by atoms with Crippen molar-refractivity contribution in [2.45, 2.75) is 32.8 Å². The molecule has 1 aliphatic rings. The lowest BCUT2D eigenvalue weighted by Gasteiger charge is -2.43. The fourth-order valence-electron chi connectivity index (χ4n) is 3.96. The average Bonchev–Trinajstić information content (AvgIpc) is 2.63. The number of β-amino-alcohol motifs (C(OH)–C–C–N with tert-alkyl or cyclic N) is 1. The standard InChI is InChI=1S/C22H25NO4/c1-15-7-6-8-16(2)19(15)20(25)23-12-11-22(21(26)27,18(24)14-23)13-17-9-4-3-5-10-17/h3-10,18,24H,11-14H2,1-2H3,(H,26,27)/t18-,22+/m0/s1. The third-order valence-corrected chi connectivity index (χ3v) is 5.63. The highest BCUT2D eigenvalue weighted by molar-refractivity contribution is 5.97. The second-order valence-electron chi connectivity index (χ2n) is 7.41. The minimum Gasteiger partial charge on any atom is -0.481 e. The molecule has 0 saturated carbocycles. The number of carbonyl (C=O) groups excluding carboxylic acids is 1. The topological polar surface area (TPSA) is 77.8 Å². The van der Waals surface area contributed by atoms with Crippen molar-refractivity contribution >= 4 is 11.9 Å². The van der Waals surface area contributed by atoms with Gasteiger partial charge in [0, 0.05) is 18.7 Å². The molecule has 0 aliphatic carbocycles. The van der Waals surface area contributed by atoms with Crippen LogP contribution in [0.4, 0.5) is 0 Å². The van der Waals surface area contributed by atoms with Gasteiger partial charge in [-0.25, -0.2) is 0 Å². The molecule has 1 heterocycles. The summed E-state index contributed by atoms with van der Waals surface area (Å²) in [5.74, 6) is -1.17. The summed E-state index contributed by atoms with van der Waals surface area (Å²) in [7, 11) is 0. The molecule has 1 aliphatic heterocycles. The molecule has 1 saturated heterocycles. The van der Waals surface area contributed by atoms with E-state index in [0.717, 1.165) is 16.7 Å². The van der Waals surface area contributed by atoms with Crippen LogP contribution in [0.15, 0.2) is 48.5 Å². The molecule has 0 unspecified atom stereocenters. The molecule has 2 N–H and O–H groups in total. The van der Waals surface area contributed by atoms with Gasteiger partial charge in [-0.15, -0.1) is 0 Å². The first-order valence-electron chi connectivity index (χ1n) is 9.16. The Morgan fingerprint density at radius 2 is 1.70 bits per heavy atom. The lowest BCUT2D eigenvalue weighted by Crippen LogP contribution is -2.57. The fraction of sp³-hybridized carbons (Fsp3) is 0.364. The summed E-state index contributed by atoms with van der Waals surface area (Å²) in [6, 6.07) is 15.0. The maximum atomic E-state index is 13.0. The Morgan fingerprint density at radius 1 is 1.07 bits per heavy atom. The number of aryl methyl sites for hydroxylation is 2. The molecule has 3 rings (SSSR count). The predicted octanol–water partition coefficient (Wildman–Crippen LogP) is 2.82. The Bertz CT molecular complexity index is 828. The Morgan fingerprint density at radius 3 is 2.26 bits per heavy atom. The Labute approximate surface area is 159 Å². The number of benzene rings is 2. The molecular formula is C22H25NO4. The monoisotopic (exact) mass is 367 g/mol. The molecule has 0 spiro atoms. The van der Waals surface area contributed by atoms with Crippen molar-refractivity contribution < 1.29 is 19.8 Å². The predicted molar refractivity (Wildman–Crippen MR) is 103 cm³/mol. The van der Waals surface area contributed by atoms with Crippen LogP contribution < -0.4 is 0 Å². The third-order valence-electron chi connectivity index (χ3n) is 5.63. The van der Waals surface area contributed by atoms with Crippen molar-refractivity contribution in [1.82, 2.24) is 4.90 Å². The van der Waals surface area contributed by atoms with E-state index < -0.39 is 17.5 Å². The number of carboxylic acid groups (broad SMARTS) is 1. The summed E-state index contributed by atoms with van der Waals surface area (Å²) in [6.07, 6.45) is -0.664. The zero-order valence-corrected chi connectivity index (χ0v) is 15.7. The SMILES string of the molecule is Cc1cccc(C)c1C(=O)N1CC[C@](Cc2ccccc2)(C(=O)O)[C@@H](O)C1. The Hall–Kier alpha value is -2.66. The summed E-state index contributed by atoms with van der Waals surface area (Å²) >= 11 is 0. The summed E-state index contributed by atoms with van der Waals surface area (Å²) in [5.41, 5.74) is 1.99. The van der Waals surface area contributed by atoms with E-state index in [2.05, 4.69) is 0 Å². The summed E-state index contributed by atoms with van der Waals surface area (Å²) < 4.78 is 0. The molecule has 0 radical (unpaired) electrons. The number of amides is 1. The first-order chi connectivity index (χ1) is 12.8. The van der Waals surface area contributed by atoms with E-state index in [1.54, 1.807) is 4.90 Å². The number of carboxylic acids is 1. The van der Waals surface area contributed by atoms with Crippen LogP contribution in [0.25, 0.3) is 0 Å². The lowest BCUT2D eigenvalue weighted by atomic mass is 9.71. The van der Waals surface area contributed by atoms with E-state index in [-0.39, 0.29) is 25.3 Å². The van der Waals surface area contributed by atoms with Gasteiger partial charge >= 0.3 is 5.97 Å². The summed E-state index contributed by atoms with van der Waals surface area (Å²) in [4.78, 5) is 26.7. The average molecular weight is 367 g/mol. The van der Waals surface area contributed by atoms with Crippen LogP contribution in [0.5, 0.6) is 0 Å². The van der Waals surface area contributed by atoms with Crippen LogP contribution in [-0.4, -0.2) is 46.2 Å². The number of likely N-dealkylation sites (tertiary alicyclic amines) is 1. The largest absolute Gasteiger partial charge is 0.481 e. The zero-order valence-electron chi connectivity index (χ0n) is 15.7. The maximum absolute atomic E-state index is 13.0. The molecule has 2 aromatic carbocycles. The zero-order chi connectivity index (χ0) is 19.6. The van der Waals surface area contributed by atoms with Crippen LogP contribution in [0.3, 0.4) is 0 Å². The van der Waals surface area contributed by atoms with Crippen molar-refractivity contribution in [2.75, 3.05) is 13.1 Å². The van der Waals surface area contributed by atoms with E-state index >= 15 is 0 Å². The third kappa shape index (κ3) is 3.60. The van der Waals surface area contributed by atoms with Crippen molar-refractivity contribution in [2.24, 2.45) is 5.41 Å². The van der Waals surface area contributed by atoms with E-state index in [1.165, 1.54) is 0 Å². The second-order valence-corrected chi connectivity index (χ2v) is 7.41. The van der Waals surface area contributed by atoms with E-state index in [9.17, 15) is 19.8 Å². The second kappa shape index (κ2) is 7.53. The van der Waals surface area contributed by atoms with E-state index in [1.807, 2.05) is 62.4 Å². The minimum atomic E-state index is -1.28. The van der Waals surface area contributed by atoms with E-state index in [0.29, 0.717) is 12.1 Å². The molecule has 1 amide bonds. The minimum absolute atomic E-state index is 0.0196. The molecule has 2 aromatic rings. The molecule has 0 bridgehead atoms. The number of aliphatic hydroxyl groups excluding tert-OH is 1. The number of aliphatic carboxylic acids is 1. The Balaban J connectivity index is 1.83. The number of rotatable bonds is 4. The van der Waals surface area contributed by atoms with Gasteiger partial charge in [-0.2, -0.15) is 0 Å². The van der Waals surface area contributed by atoms with Gasteiger partial charge in [0.1, 0.15) is 5.41 Å². The first-order valence-corrected chi connectivity index (χ1v) is 9.16. The number of carbonyl (C=O) groups is 2. The van der Waals surface area contributed by atoms with Crippen LogP contribution in [0, 0.1) is 19.3 Å². The first kappa shape index (κ1) is 19.1. The highest BCUT2D eigenvalue weighted by Gasteiger charge is 2.49. The number of hydrogen-bond donors (Lipinski definition) is 2. The molecule has 1 fully saturated rings. The van der Waals surface area contributed by atoms with Crippen molar-refractivity contribution in [3.8, 4) is 0 Å². The van der Waals surface area contributed by atoms with Crippen LogP contribution in [0.1, 0.15) is 33.5 Å². The number of hydrogen-bond acceptors (Lipinski definition) is 3. The molecular weight excluding hydrogens is 342 g/mol. The van der Waals surface area contributed by atoms with Gasteiger partial charge < -0.3 is 15.1 Å². The number of piperidine rings is 1. The maximum Gasteiger partial charge on any atom is 0.312 e. The van der Waals surface area contributed by atoms with Gasteiger partial charge in [-0.05, 0) is 43.4 Å². The summed E-state index contributed by atoms with van der Waals surface area (Å²) in [5, 5.41) is 20.7. The van der Waals surface area contributed by atoms with Crippen LogP contribution >= 0.6 is 0 Å². The van der Waals surface area contributed by atoms with Gasteiger partial charge in [-0.1, -0.05) is 48.5 Å². The highest BCUT2D eigenvalue weighted by Crippen LogP contribution is 2.36. The number of nitrogens with zero attached hydrogens (tertiary/aromatic N) is 1. The molecule has 142 valence electrons. The van der Waals surface area contributed by atoms with E-state index in [4.69, 9.17) is 0 Å². The smallest absolute Gasteiger partial charge is 0.312 e. The normalized spacial score (nSPS) is 22.5. The van der Waals surface area contributed by atoms with Gasteiger partial charge in [0.15, 0.2) is 0 Å². The Kier molecular flexibility index (Phi) is 5.33. The molecule has 2 atom stereocenters. The highest BCUT2D eigenvalue weighted by atomic mass is 16.4. The summed E-state index contributed by atoms with van der Waals surface area (Å²) in [6.45, 7) is 4.10. The number of aliphatic hydroxyl groups is 1. The quantitative estimate of drug-likeness (QED) is 0.871.